The predicted octanol–water partition coefficient (Wildman–Crippen LogP) is 6.52. The number of carbonyl (C=O) groups excluding carboxylic acids is 2. The van der Waals surface area contributed by atoms with Gasteiger partial charge in [0.25, 0.3) is 0 Å². The maximum Gasteiger partial charge on any atom is 0.205 e. The van der Waals surface area contributed by atoms with E-state index in [4.69, 9.17) is 4.74 Å². The predicted molar refractivity (Wildman–Crippen MR) is 141 cm³/mol. The van der Waals surface area contributed by atoms with Crippen molar-refractivity contribution in [3.63, 3.8) is 0 Å². The molecule has 1 N–H and O–H groups in total. The fraction of sp³-hybridized carbons (Fsp3) is 0.0968. The molecule has 0 amide bonds. The largest absolute Gasteiger partial charge is 0.478 e. The van der Waals surface area contributed by atoms with Crippen LogP contribution in [0.1, 0.15) is 38.0 Å². The third-order valence-electron chi connectivity index (χ3n) is 6.76. The summed E-state index contributed by atoms with van der Waals surface area (Å²) in [7, 11) is 0. The first-order valence-electron chi connectivity index (χ1n) is 11.9. The van der Waals surface area contributed by atoms with Gasteiger partial charge in [0.1, 0.15) is 5.75 Å². The highest BCUT2D eigenvalue weighted by atomic mass is 16.5. The van der Waals surface area contributed by atoms with E-state index in [1.807, 2.05) is 102 Å². The molecule has 5 heteroatoms. The molecule has 0 fully saturated rings. The fourth-order valence-corrected chi connectivity index (χ4v) is 5.05. The van der Waals surface area contributed by atoms with Crippen LogP contribution in [0.3, 0.4) is 0 Å². The number of carbonyl (C=O) groups is 2. The van der Waals surface area contributed by atoms with Gasteiger partial charge in [-0.2, -0.15) is 0 Å². The number of nitrogens with one attached hydrogen (secondary N) is 1. The number of nitrogens with zero attached hydrogens (tertiary/aromatic N) is 1. The normalized spacial score (nSPS) is 16.6. The molecule has 6 rings (SSSR count). The molecule has 0 aliphatic carbocycles. The highest BCUT2D eigenvalue weighted by Gasteiger charge is 2.40. The average molecular weight is 473 g/mol. The Labute approximate surface area is 209 Å². The van der Waals surface area contributed by atoms with E-state index < -0.39 is 12.1 Å². The first kappa shape index (κ1) is 21.9. The van der Waals surface area contributed by atoms with E-state index in [0.29, 0.717) is 17.0 Å². The molecule has 2 atom stereocenters. The van der Waals surface area contributed by atoms with Crippen LogP contribution in [0.5, 0.6) is 5.75 Å². The van der Waals surface area contributed by atoms with Gasteiger partial charge in [0.05, 0.1) is 22.9 Å². The Morgan fingerprint density at radius 3 is 2.39 bits per heavy atom. The van der Waals surface area contributed by atoms with Crippen molar-refractivity contribution < 1.29 is 14.3 Å². The molecule has 0 radical (unpaired) electrons. The average Bonchev–Trinajstić information content (AvgIpc) is 3.27. The Bertz CT molecular complexity index is 1590. The molecule has 0 bridgehead atoms. The zero-order valence-corrected chi connectivity index (χ0v) is 19.7. The number of anilines is 1. The van der Waals surface area contributed by atoms with Crippen LogP contribution in [0.2, 0.25) is 0 Å². The van der Waals surface area contributed by atoms with Crippen LogP contribution in [0.4, 0.5) is 5.69 Å². The number of benzene rings is 3. The van der Waals surface area contributed by atoms with Gasteiger partial charge in [-0.3, -0.25) is 9.59 Å². The number of para-hydroxylation sites is 2. The van der Waals surface area contributed by atoms with Gasteiger partial charge in [0.15, 0.2) is 12.4 Å². The summed E-state index contributed by atoms with van der Waals surface area (Å²) >= 11 is 0. The quantitative estimate of drug-likeness (QED) is 0.234. The number of aromatic nitrogens is 1. The minimum atomic E-state index is -0.836. The van der Waals surface area contributed by atoms with Crippen molar-refractivity contribution in [1.82, 2.24) is 4.40 Å². The molecular formula is C31H24N2O3. The number of pyridine rings is 1. The van der Waals surface area contributed by atoms with Crippen LogP contribution >= 0.6 is 0 Å². The van der Waals surface area contributed by atoms with Gasteiger partial charge in [-0.15, -0.1) is 0 Å². The second-order valence-corrected chi connectivity index (χ2v) is 9.00. The van der Waals surface area contributed by atoms with Crippen LogP contribution in [0.15, 0.2) is 103 Å². The lowest BCUT2D eigenvalue weighted by Gasteiger charge is -2.35. The Morgan fingerprint density at radius 2 is 1.61 bits per heavy atom. The third kappa shape index (κ3) is 3.57. The summed E-state index contributed by atoms with van der Waals surface area (Å²) in [4.78, 5) is 26.3. The van der Waals surface area contributed by atoms with Gasteiger partial charge in [-0.05, 0) is 36.8 Å². The van der Waals surface area contributed by atoms with E-state index in [1.54, 1.807) is 12.1 Å². The van der Waals surface area contributed by atoms with E-state index in [9.17, 15) is 9.59 Å². The molecule has 1 aliphatic heterocycles. The lowest BCUT2D eigenvalue weighted by molar-refractivity contribution is 0.0746. The molecule has 1 aliphatic rings. The van der Waals surface area contributed by atoms with Crippen molar-refractivity contribution in [2.45, 2.75) is 19.1 Å². The molecule has 0 unspecified atom stereocenters. The lowest BCUT2D eigenvalue weighted by Crippen LogP contribution is -2.41. The third-order valence-corrected chi connectivity index (χ3v) is 6.76. The Morgan fingerprint density at radius 1 is 0.889 bits per heavy atom. The summed E-state index contributed by atoms with van der Waals surface area (Å²) in [5, 5.41) is 3.59. The number of ether oxygens (including phenoxy) is 1. The molecule has 0 spiro atoms. The summed E-state index contributed by atoms with van der Waals surface area (Å²) in [6, 6.07) is 30.2. The van der Waals surface area contributed by atoms with Crippen LogP contribution in [-0.2, 0) is 0 Å². The van der Waals surface area contributed by atoms with Crippen molar-refractivity contribution >= 4 is 23.3 Å². The Balaban J connectivity index is 1.62. The topological polar surface area (TPSA) is 59.8 Å². The van der Waals surface area contributed by atoms with Gasteiger partial charge in [-0.1, -0.05) is 78.4 Å². The van der Waals surface area contributed by atoms with Gasteiger partial charge < -0.3 is 14.5 Å². The molecule has 2 aromatic heterocycles. The van der Waals surface area contributed by atoms with Gasteiger partial charge in [-0.25, -0.2) is 0 Å². The zero-order chi connectivity index (χ0) is 24.6. The highest BCUT2D eigenvalue weighted by molar-refractivity contribution is 6.02. The number of fused-ring (bicyclic) bond motifs is 2. The van der Waals surface area contributed by atoms with Crippen molar-refractivity contribution in [2.75, 3.05) is 5.32 Å². The Kier molecular flexibility index (Phi) is 5.38. The first-order chi connectivity index (χ1) is 17.7. The van der Waals surface area contributed by atoms with E-state index in [-0.39, 0.29) is 5.78 Å². The molecule has 0 saturated heterocycles. The summed E-state index contributed by atoms with van der Waals surface area (Å²) in [6.45, 7) is 2.03. The van der Waals surface area contributed by atoms with Crippen molar-refractivity contribution in [3.05, 3.63) is 126 Å². The molecule has 0 saturated carbocycles. The van der Waals surface area contributed by atoms with E-state index >= 15 is 0 Å². The monoisotopic (exact) mass is 472 g/mol. The molecule has 3 aromatic carbocycles. The molecule has 5 nitrogen and oxygen atoms in total. The van der Waals surface area contributed by atoms with E-state index in [2.05, 4.69) is 5.32 Å². The van der Waals surface area contributed by atoms with Crippen LogP contribution in [0, 0.1) is 6.92 Å². The molecule has 3 heterocycles. The minimum Gasteiger partial charge on any atom is -0.478 e. The molecule has 36 heavy (non-hydrogen) atoms. The number of hydrogen-bond donors (Lipinski definition) is 1. The Hall–Kier alpha value is -4.64. The highest BCUT2D eigenvalue weighted by Crippen LogP contribution is 2.44. The number of aryl methyl sites for hydroxylation is 1. The smallest absolute Gasteiger partial charge is 0.205 e. The SMILES string of the molecule is Cc1ccc(-c2c([C@@H]3Nc4ccccc4O[C@H]3C(=O)c3ccccc3)c3ccccn3c2C=O)cc1. The maximum absolute atomic E-state index is 13.9. The summed E-state index contributed by atoms with van der Waals surface area (Å²) in [6.07, 6.45) is 1.93. The van der Waals surface area contributed by atoms with E-state index in [1.165, 1.54) is 0 Å². The first-order valence-corrected chi connectivity index (χ1v) is 11.9. The van der Waals surface area contributed by atoms with E-state index in [0.717, 1.165) is 39.7 Å². The number of ketones is 1. The number of hydrogen-bond acceptors (Lipinski definition) is 4. The van der Waals surface area contributed by atoms with Crippen LogP contribution in [-0.4, -0.2) is 22.6 Å². The van der Waals surface area contributed by atoms with Gasteiger partial charge in [0.2, 0.25) is 5.78 Å². The van der Waals surface area contributed by atoms with Gasteiger partial charge >= 0.3 is 0 Å². The van der Waals surface area contributed by atoms with Crippen LogP contribution in [0.25, 0.3) is 16.6 Å². The lowest BCUT2D eigenvalue weighted by atomic mass is 9.88. The second kappa shape index (κ2) is 8.86. The zero-order valence-electron chi connectivity index (χ0n) is 19.7. The molecular weight excluding hydrogens is 448 g/mol. The van der Waals surface area contributed by atoms with Crippen molar-refractivity contribution in [1.29, 1.82) is 0 Å². The van der Waals surface area contributed by atoms with Crippen molar-refractivity contribution in [2.24, 2.45) is 0 Å². The number of rotatable bonds is 5. The van der Waals surface area contributed by atoms with Crippen LogP contribution < -0.4 is 10.1 Å². The number of Topliss-reactive ketones (excluding diaryl/α,β-unsaturated/α-hetero) is 1. The summed E-state index contributed by atoms with van der Waals surface area (Å²) in [5.41, 5.74) is 6.45. The molecule has 176 valence electrons. The fourth-order valence-electron chi connectivity index (χ4n) is 5.05. The molecule has 5 aromatic rings. The summed E-state index contributed by atoms with van der Waals surface area (Å²) < 4.78 is 8.30. The second-order valence-electron chi connectivity index (χ2n) is 9.00. The van der Waals surface area contributed by atoms with Crippen molar-refractivity contribution in [3.8, 4) is 16.9 Å². The minimum absolute atomic E-state index is 0.125. The van der Waals surface area contributed by atoms with Gasteiger partial charge in [0, 0.05) is 22.9 Å². The summed E-state index contributed by atoms with van der Waals surface area (Å²) in [5.74, 6) is 0.499. The number of aldehydes is 1. The maximum atomic E-state index is 13.9. The standard InChI is InChI=1S/C31H24N2O3/c1-20-14-16-21(17-15-20)27-25(19-34)33-18-8-7-12-24(33)28(27)29-31(30(35)22-9-3-2-4-10-22)36-26-13-6-5-11-23(26)32-29/h2-19,29,31-32H,1H3/t29-,31+/m0/s1.